The van der Waals surface area contributed by atoms with E-state index in [1.165, 1.54) is 9.87 Å². The molecular weight excluding hydrogens is 1140 g/mol. The van der Waals surface area contributed by atoms with Gasteiger partial charge in [0.2, 0.25) is 10.0 Å². The summed E-state index contributed by atoms with van der Waals surface area (Å²) in [5.41, 5.74) is 7.77. The fourth-order valence-electron chi connectivity index (χ4n) is 9.92. The number of nitrogens with zero attached hydrogens (tertiary/aromatic N) is 4. The Balaban J connectivity index is 0.592. The zero-order valence-electron chi connectivity index (χ0n) is 42.5. The molecule has 4 aromatic rings. The Morgan fingerprint density at radius 1 is 0.566 bits per heavy atom. The summed E-state index contributed by atoms with van der Waals surface area (Å²) >= 11 is 41.6. The van der Waals surface area contributed by atoms with Crippen LogP contribution in [0.4, 0.5) is 9.59 Å². The molecule has 0 spiro atoms. The van der Waals surface area contributed by atoms with Crippen molar-refractivity contribution in [3.05, 3.63) is 123 Å². The van der Waals surface area contributed by atoms with Crippen molar-refractivity contribution < 1.29 is 37.0 Å². The smallest absolute Gasteiger partial charge is 0.314 e. The van der Waals surface area contributed by atoms with Crippen molar-refractivity contribution in [3.63, 3.8) is 0 Å². The van der Waals surface area contributed by atoms with E-state index in [0.717, 1.165) is 69.5 Å². The first-order valence-corrected chi connectivity index (χ1v) is 29.8. The third kappa shape index (κ3) is 15.1. The van der Waals surface area contributed by atoms with Crippen LogP contribution in [-0.4, -0.2) is 158 Å². The van der Waals surface area contributed by atoms with E-state index in [0.29, 0.717) is 104 Å². The molecule has 76 heavy (non-hydrogen) atoms. The molecule has 8 rings (SSSR count). The highest BCUT2D eigenvalue weighted by Gasteiger charge is 2.39. The van der Waals surface area contributed by atoms with E-state index < -0.39 is 10.0 Å². The lowest BCUT2D eigenvalue weighted by Crippen LogP contribution is -2.39. The highest BCUT2D eigenvalue weighted by atomic mass is 35.5. The van der Waals surface area contributed by atoms with Crippen LogP contribution in [0.15, 0.2) is 58.3 Å². The van der Waals surface area contributed by atoms with Crippen LogP contribution >= 0.6 is 81.6 Å². The number of nitrogens with one attached hydrogen (secondary N) is 4. The molecule has 4 aromatic carbocycles. The first-order valence-electron chi connectivity index (χ1n) is 25.3. The molecule has 16 nitrogen and oxygen atoms in total. The Bertz CT molecular complexity index is 2820. The number of carbonyl (C=O) groups excluding carboxylic acids is 2. The third-order valence-corrected chi connectivity index (χ3v) is 19.0. The second-order valence-electron chi connectivity index (χ2n) is 19.1. The van der Waals surface area contributed by atoms with Crippen LogP contribution in [0.5, 0.6) is 0 Å². The molecule has 414 valence electrons. The second-order valence-corrected chi connectivity index (χ2v) is 24.6. The Kier molecular flexibility index (Phi) is 21.9. The number of amides is 4. The molecule has 4 heterocycles. The Hall–Kier alpha value is -2.86. The number of ether oxygens (including phenoxy) is 4. The van der Waals surface area contributed by atoms with E-state index in [-0.39, 0.29) is 73.3 Å². The molecule has 4 aliphatic heterocycles. The highest BCUT2D eigenvalue weighted by molar-refractivity contribution is 7.97. The van der Waals surface area contributed by atoms with Crippen LogP contribution < -0.4 is 21.3 Å². The predicted octanol–water partition coefficient (Wildman–Crippen LogP) is 9.23. The van der Waals surface area contributed by atoms with Crippen LogP contribution in [0.25, 0.3) is 0 Å². The predicted molar refractivity (Wildman–Crippen MR) is 301 cm³/mol. The minimum Gasteiger partial charge on any atom is -0.378 e. The molecule has 0 radical (unpaired) electrons. The van der Waals surface area contributed by atoms with Gasteiger partial charge in [-0.15, -0.1) is 0 Å². The lowest BCUT2D eigenvalue weighted by molar-refractivity contribution is 0.0459. The van der Waals surface area contributed by atoms with Gasteiger partial charge in [0.15, 0.2) is 0 Å². The lowest BCUT2D eigenvalue weighted by atomic mass is 9.84. The number of hydrogen-bond donors (Lipinski definition) is 4. The summed E-state index contributed by atoms with van der Waals surface area (Å²) in [4.78, 5) is 30.0. The number of carbonyl (C=O) groups is 2. The van der Waals surface area contributed by atoms with Gasteiger partial charge in [0.05, 0.1) is 62.9 Å². The fraction of sp³-hybridized carbons (Fsp3) is 0.500. The van der Waals surface area contributed by atoms with Gasteiger partial charge < -0.3 is 50.0 Å². The molecule has 0 aliphatic carbocycles. The maximum absolute atomic E-state index is 13.7. The summed E-state index contributed by atoms with van der Waals surface area (Å²) < 4.78 is 53.7. The van der Waals surface area contributed by atoms with Crippen molar-refractivity contribution >= 4 is 104 Å². The van der Waals surface area contributed by atoms with Gasteiger partial charge in [-0.05, 0) is 108 Å². The largest absolute Gasteiger partial charge is 0.378 e. The second kappa shape index (κ2) is 28.0. The van der Waals surface area contributed by atoms with Gasteiger partial charge in [-0.3, -0.25) is 0 Å². The van der Waals surface area contributed by atoms with Crippen molar-refractivity contribution in [1.29, 1.82) is 0 Å². The number of fused-ring (bicyclic) bond motifs is 4. The van der Waals surface area contributed by atoms with Gasteiger partial charge >= 0.3 is 12.1 Å². The zero-order chi connectivity index (χ0) is 53.9. The molecule has 4 amide bonds. The van der Waals surface area contributed by atoms with Crippen LogP contribution in [0.3, 0.4) is 0 Å². The molecule has 24 heteroatoms. The summed E-state index contributed by atoms with van der Waals surface area (Å²) in [5, 5.41) is 14.5. The highest BCUT2D eigenvalue weighted by Crippen LogP contribution is 2.48. The molecule has 0 saturated heterocycles. The molecule has 4 aliphatic rings. The van der Waals surface area contributed by atoms with Crippen molar-refractivity contribution in [3.8, 4) is 0 Å². The standard InChI is InChI=1S/C52H64Cl6N8O8S2/c1-63-29-41(39-23-35(53)25-45(55)43(39)31-63)37-7-5-33-27-65(75-49(33)47(37)57)13-17-73-21-19-71-15-11-61-51(67)59-9-3-4-10-60-52(68)62-12-16-72-20-22-74-18-14-66-28-34-6-8-38(48(58)50(34)76(66,69)70)42-30-64(2)32-44-40(42)24-36(54)26-46(44)56/h5-8,23-26,41-42H,3-4,9-22,27-32H2,1-2H3,(H2,59,61,67)(H2,60,62,68). The lowest BCUT2D eigenvalue weighted by Gasteiger charge is -2.34. The summed E-state index contributed by atoms with van der Waals surface area (Å²) in [6.07, 6.45) is 1.37. The number of sulfonamides is 1. The quantitative estimate of drug-likeness (QED) is 0.0368. The van der Waals surface area contributed by atoms with E-state index in [1.54, 1.807) is 24.1 Å². The maximum atomic E-state index is 13.7. The van der Waals surface area contributed by atoms with Gasteiger partial charge in [0.1, 0.15) is 4.90 Å². The van der Waals surface area contributed by atoms with Gasteiger partial charge in [-0.1, -0.05) is 93.9 Å². The monoisotopic (exact) mass is 1200 g/mol. The molecule has 0 fully saturated rings. The van der Waals surface area contributed by atoms with Gasteiger partial charge in [0, 0.05) is 115 Å². The van der Waals surface area contributed by atoms with Gasteiger partial charge in [0.25, 0.3) is 0 Å². The number of halogens is 6. The molecule has 2 atom stereocenters. The average molecular weight is 1210 g/mol. The minimum atomic E-state index is -3.85. The van der Waals surface area contributed by atoms with Gasteiger partial charge in [-0.2, -0.15) is 4.31 Å². The molecular formula is C52H64Cl6N8O8S2. The molecule has 0 saturated carbocycles. The molecule has 2 unspecified atom stereocenters. The van der Waals surface area contributed by atoms with Crippen LogP contribution in [-0.2, 0) is 55.1 Å². The van der Waals surface area contributed by atoms with Crippen molar-refractivity contribution in [1.82, 2.24) is 39.7 Å². The van der Waals surface area contributed by atoms with Crippen LogP contribution in [0.2, 0.25) is 30.1 Å². The number of unbranched alkanes of at least 4 members (excludes halogenated alkanes) is 1. The van der Waals surface area contributed by atoms with Crippen molar-refractivity contribution in [2.24, 2.45) is 0 Å². The summed E-state index contributed by atoms with van der Waals surface area (Å²) in [7, 11) is 0.231. The number of likely N-dealkylation sites (N-methyl/N-ethyl adjacent to an activating group) is 2. The van der Waals surface area contributed by atoms with E-state index in [4.69, 9.17) is 88.6 Å². The number of hydrogen-bond acceptors (Lipinski definition) is 12. The van der Waals surface area contributed by atoms with E-state index in [1.807, 2.05) is 31.3 Å². The van der Waals surface area contributed by atoms with Crippen LogP contribution in [0.1, 0.15) is 69.2 Å². The normalized spacial score (nSPS) is 18.3. The summed E-state index contributed by atoms with van der Waals surface area (Å²) in [5.74, 6) is -0.134. The SMILES string of the molecule is CN1Cc2c(Cl)cc(Cl)cc2C(c2ccc3c(c2Cl)SN(CCOCCOCCNC(=O)NCCCCNC(=O)NCCOCCOCCN2Cc4ccc(C5CN(C)Cc6c(Cl)cc(Cl)cc65)c(Cl)c4S2(=O)=O)C3)C1. The molecule has 0 bridgehead atoms. The van der Waals surface area contributed by atoms with Gasteiger partial charge in [-0.25, -0.2) is 22.3 Å². The van der Waals surface area contributed by atoms with E-state index in [2.05, 4.69) is 54.6 Å². The Morgan fingerprint density at radius 3 is 1.58 bits per heavy atom. The fourth-order valence-corrected chi connectivity index (χ4v) is 14.9. The van der Waals surface area contributed by atoms with Crippen molar-refractivity contribution in [2.75, 3.05) is 119 Å². The summed E-state index contributed by atoms with van der Waals surface area (Å²) in [6, 6.07) is 14.9. The first kappa shape index (κ1) is 59.3. The number of benzene rings is 4. The van der Waals surface area contributed by atoms with Crippen LogP contribution in [0, 0.1) is 0 Å². The molecule has 0 aromatic heterocycles. The maximum Gasteiger partial charge on any atom is 0.314 e. The van der Waals surface area contributed by atoms with Crippen molar-refractivity contribution in [2.45, 2.75) is 60.6 Å². The molecule has 4 N–H and O–H groups in total. The average Bonchev–Trinajstić information content (AvgIpc) is 3.99. The number of urea groups is 2. The summed E-state index contributed by atoms with van der Waals surface area (Å²) in [6.45, 7) is 9.05. The minimum absolute atomic E-state index is 0.0678. The number of rotatable bonds is 25. The Morgan fingerprint density at radius 2 is 1.04 bits per heavy atom. The van der Waals surface area contributed by atoms with E-state index in [9.17, 15) is 18.0 Å². The third-order valence-electron chi connectivity index (χ3n) is 13.6. The first-order chi connectivity index (χ1) is 36.6. The Labute approximate surface area is 480 Å². The topological polar surface area (TPSA) is 166 Å². The van der Waals surface area contributed by atoms with E-state index >= 15 is 0 Å². The zero-order valence-corrected chi connectivity index (χ0v) is 48.6.